The van der Waals surface area contributed by atoms with Crippen molar-refractivity contribution in [2.45, 2.75) is 25.9 Å². The van der Waals surface area contributed by atoms with Gasteiger partial charge in [-0.2, -0.15) is 10.4 Å². The molecule has 0 aliphatic heterocycles. The van der Waals surface area contributed by atoms with Gasteiger partial charge in [-0.15, -0.1) is 0 Å². The number of nitriles is 1. The van der Waals surface area contributed by atoms with Gasteiger partial charge in [-0.05, 0) is 38.1 Å². The molecule has 0 fully saturated rings. The second kappa shape index (κ2) is 7.96. The summed E-state index contributed by atoms with van der Waals surface area (Å²) in [7, 11) is 0. The fraction of sp³-hybridized carbons (Fsp3) is 0.182. The number of aromatic nitrogens is 5. The Morgan fingerprint density at radius 2 is 2.06 bits per heavy atom. The first-order chi connectivity index (χ1) is 15.2. The van der Waals surface area contributed by atoms with Crippen molar-refractivity contribution >= 4 is 22.8 Å². The normalized spacial score (nSPS) is 11.3. The SMILES string of the molecule is CC(C)(C#N)NC(=O)c1cccc(-c2cnc3[nH]c(-c4cnn(CC(N)=O)c4)cc3c2)n1. The molecule has 0 spiro atoms. The zero-order valence-electron chi connectivity index (χ0n) is 17.5. The predicted octanol–water partition coefficient (Wildman–Crippen LogP) is 2.01. The fourth-order valence-corrected chi connectivity index (χ4v) is 3.16. The van der Waals surface area contributed by atoms with Crippen LogP contribution in [0.4, 0.5) is 0 Å². The summed E-state index contributed by atoms with van der Waals surface area (Å²) in [6.07, 6.45) is 5.03. The lowest BCUT2D eigenvalue weighted by molar-refractivity contribution is -0.118. The van der Waals surface area contributed by atoms with Gasteiger partial charge < -0.3 is 16.0 Å². The molecule has 0 aromatic carbocycles. The van der Waals surface area contributed by atoms with Crippen LogP contribution in [0, 0.1) is 11.3 Å². The number of primary amides is 1. The number of hydrogen-bond donors (Lipinski definition) is 3. The number of carbonyl (C=O) groups excluding carboxylic acids is 2. The lowest BCUT2D eigenvalue weighted by Gasteiger charge is -2.17. The Hall–Kier alpha value is -4.52. The standard InChI is InChI=1S/C22H20N8O2/c1-22(2,12-23)29-21(32)17-5-3-4-16(27-17)14-6-13-7-18(28-20(13)25-8-14)15-9-26-30(10-15)11-19(24)31/h3-10H,11H2,1-2H3,(H2,24,31)(H,25,28)(H,29,32). The highest BCUT2D eigenvalue weighted by Crippen LogP contribution is 2.26. The van der Waals surface area contributed by atoms with Crippen LogP contribution < -0.4 is 11.1 Å². The van der Waals surface area contributed by atoms with Crippen molar-refractivity contribution in [1.29, 1.82) is 5.26 Å². The van der Waals surface area contributed by atoms with Crippen molar-refractivity contribution in [3.05, 3.63) is 54.6 Å². The number of nitrogens with two attached hydrogens (primary N) is 1. The summed E-state index contributed by atoms with van der Waals surface area (Å²) in [5, 5.41) is 16.8. The first-order valence-electron chi connectivity index (χ1n) is 9.75. The minimum absolute atomic E-state index is 0.00373. The van der Waals surface area contributed by atoms with Gasteiger partial charge >= 0.3 is 0 Å². The van der Waals surface area contributed by atoms with Gasteiger partial charge in [0, 0.05) is 28.9 Å². The molecule has 0 unspecified atom stereocenters. The molecule has 0 aliphatic carbocycles. The van der Waals surface area contributed by atoms with Crippen LogP contribution in [0.2, 0.25) is 0 Å². The zero-order valence-corrected chi connectivity index (χ0v) is 17.5. The molecule has 10 nitrogen and oxygen atoms in total. The summed E-state index contributed by atoms with van der Waals surface area (Å²) in [6.45, 7) is 3.24. The van der Waals surface area contributed by atoms with Crippen LogP contribution in [0.15, 0.2) is 48.9 Å². The van der Waals surface area contributed by atoms with Crippen LogP contribution in [0.3, 0.4) is 0 Å². The Kier molecular flexibility index (Phi) is 5.16. The molecule has 4 N–H and O–H groups in total. The number of amides is 2. The molecule has 4 aromatic rings. The Labute approximate surface area is 183 Å². The van der Waals surface area contributed by atoms with Gasteiger partial charge in [-0.25, -0.2) is 9.97 Å². The molecule has 4 heterocycles. The van der Waals surface area contributed by atoms with Crippen LogP contribution in [-0.4, -0.2) is 42.1 Å². The molecular weight excluding hydrogens is 408 g/mol. The molecule has 2 amide bonds. The molecule has 0 bridgehead atoms. The number of nitrogens with one attached hydrogen (secondary N) is 2. The van der Waals surface area contributed by atoms with Crippen molar-refractivity contribution in [3.8, 4) is 28.6 Å². The molecule has 32 heavy (non-hydrogen) atoms. The quantitative estimate of drug-likeness (QED) is 0.426. The maximum absolute atomic E-state index is 12.5. The first-order valence-corrected chi connectivity index (χ1v) is 9.75. The van der Waals surface area contributed by atoms with Crippen molar-refractivity contribution in [3.63, 3.8) is 0 Å². The third kappa shape index (κ3) is 4.32. The molecule has 10 heteroatoms. The molecular formula is C22H20N8O2. The Morgan fingerprint density at radius 3 is 2.81 bits per heavy atom. The lowest BCUT2D eigenvalue weighted by atomic mass is 10.1. The van der Waals surface area contributed by atoms with E-state index in [2.05, 4.69) is 25.4 Å². The van der Waals surface area contributed by atoms with Gasteiger partial charge in [0.05, 0.1) is 23.7 Å². The molecule has 0 aliphatic rings. The highest BCUT2D eigenvalue weighted by Gasteiger charge is 2.21. The minimum atomic E-state index is -0.998. The topological polar surface area (TPSA) is 155 Å². The smallest absolute Gasteiger partial charge is 0.271 e. The zero-order chi connectivity index (χ0) is 22.9. The van der Waals surface area contributed by atoms with E-state index in [0.717, 1.165) is 22.2 Å². The molecule has 0 atom stereocenters. The number of H-pyrrole nitrogens is 1. The van der Waals surface area contributed by atoms with Crippen LogP contribution >= 0.6 is 0 Å². The molecule has 4 aromatic heterocycles. The van der Waals surface area contributed by atoms with E-state index in [1.807, 2.05) is 18.2 Å². The number of hydrogen-bond acceptors (Lipinski definition) is 6. The monoisotopic (exact) mass is 428 g/mol. The third-order valence-corrected chi connectivity index (χ3v) is 4.72. The van der Waals surface area contributed by atoms with Crippen molar-refractivity contribution in [2.75, 3.05) is 0 Å². The van der Waals surface area contributed by atoms with Gasteiger partial charge in [0.1, 0.15) is 23.4 Å². The first kappa shape index (κ1) is 20.7. The number of fused-ring (bicyclic) bond motifs is 1. The van der Waals surface area contributed by atoms with Gasteiger partial charge in [0.2, 0.25) is 5.91 Å². The summed E-state index contributed by atoms with van der Waals surface area (Å²) in [6, 6.07) is 11.0. The second-order valence-electron chi connectivity index (χ2n) is 7.84. The van der Waals surface area contributed by atoms with Gasteiger partial charge in [0.15, 0.2) is 0 Å². The molecule has 0 radical (unpaired) electrons. The highest BCUT2D eigenvalue weighted by molar-refractivity contribution is 5.94. The fourth-order valence-electron chi connectivity index (χ4n) is 3.16. The molecule has 4 rings (SSSR count). The van der Waals surface area contributed by atoms with E-state index in [0.29, 0.717) is 11.3 Å². The average Bonchev–Trinajstić information content (AvgIpc) is 3.39. The van der Waals surface area contributed by atoms with E-state index in [4.69, 9.17) is 11.0 Å². The van der Waals surface area contributed by atoms with Gasteiger partial charge in [-0.3, -0.25) is 14.3 Å². The molecule has 0 saturated carbocycles. The minimum Gasteiger partial charge on any atom is -0.368 e. The van der Waals surface area contributed by atoms with Crippen molar-refractivity contribution < 1.29 is 9.59 Å². The largest absolute Gasteiger partial charge is 0.368 e. The van der Waals surface area contributed by atoms with E-state index in [1.165, 1.54) is 4.68 Å². The number of rotatable bonds is 6. The Balaban J connectivity index is 1.62. The van der Waals surface area contributed by atoms with Gasteiger partial charge in [0.25, 0.3) is 5.91 Å². The lowest BCUT2D eigenvalue weighted by Crippen LogP contribution is -2.42. The molecule has 160 valence electrons. The van der Waals surface area contributed by atoms with Crippen molar-refractivity contribution in [1.82, 2.24) is 30.0 Å². The Bertz CT molecular complexity index is 1380. The van der Waals surface area contributed by atoms with E-state index < -0.39 is 17.4 Å². The summed E-state index contributed by atoms with van der Waals surface area (Å²) in [5.41, 5.74) is 8.00. The maximum Gasteiger partial charge on any atom is 0.271 e. The number of nitrogens with zero attached hydrogens (tertiary/aromatic N) is 5. The number of carbonyl (C=O) groups is 2. The molecule has 0 saturated heterocycles. The van der Waals surface area contributed by atoms with Crippen LogP contribution in [0.5, 0.6) is 0 Å². The summed E-state index contributed by atoms with van der Waals surface area (Å²) in [5.74, 6) is -0.897. The summed E-state index contributed by atoms with van der Waals surface area (Å²) >= 11 is 0. The summed E-state index contributed by atoms with van der Waals surface area (Å²) < 4.78 is 1.47. The average molecular weight is 428 g/mol. The van der Waals surface area contributed by atoms with Crippen LogP contribution in [-0.2, 0) is 11.3 Å². The maximum atomic E-state index is 12.5. The van der Waals surface area contributed by atoms with Crippen molar-refractivity contribution in [2.24, 2.45) is 5.73 Å². The number of aromatic amines is 1. The predicted molar refractivity (Wildman–Crippen MR) is 117 cm³/mol. The number of pyridine rings is 2. The van der Waals surface area contributed by atoms with E-state index >= 15 is 0 Å². The summed E-state index contributed by atoms with van der Waals surface area (Å²) in [4.78, 5) is 35.7. The van der Waals surface area contributed by atoms with E-state index in [-0.39, 0.29) is 12.2 Å². The van der Waals surface area contributed by atoms with E-state index in [1.54, 1.807) is 50.6 Å². The Morgan fingerprint density at radius 1 is 1.25 bits per heavy atom. The van der Waals surface area contributed by atoms with Crippen LogP contribution in [0.25, 0.3) is 33.5 Å². The highest BCUT2D eigenvalue weighted by atomic mass is 16.2. The van der Waals surface area contributed by atoms with E-state index in [9.17, 15) is 9.59 Å². The third-order valence-electron chi connectivity index (χ3n) is 4.72. The van der Waals surface area contributed by atoms with Gasteiger partial charge in [-0.1, -0.05) is 6.07 Å². The second-order valence-corrected chi connectivity index (χ2v) is 7.84. The van der Waals surface area contributed by atoms with Crippen LogP contribution in [0.1, 0.15) is 24.3 Å².